The van der Waals surface area contributed by atoms with E-state index in [1.165, 1.54) is 37.7 Å². The van der Waals surface area contributed by atoms with Gasteiger partial charge in [-0.15, -0.1) is 0 Å². The second kappa shape index (κ2) is 6.35. The molecule has 0 atom stereocenters. The highest BCUT2D eigenvalue weighted by Gasteiger charge is 2.17. The number of hydrogen-bond donors (Lipinski definition) is 1. The number of hydrogen-bond acceptors (Lipinski definition) is 3. The van der Waals surface area contributed by atoms with Crippen LogP contribution in [0.1, 0.15) is 32.1 Å². The van der Waals surface area contributed by atoms with E-state index in [9.17, 15) is 8.42 Å². The van der Waals surface area contributed by atoms with Crippen molar-refractivity contribution in [1.29, 1.82) is 0 Å². The lowest BCUT2D eigenvalue weighted by molar-refractivity contribution is 0.436. The van der Waals surface area contributed by atoms with Gasteiger partial charge in [0.05, 0.1) is 18.1 Å². The van der Waals surface area contributed by atoms with Gasteiger partial charge < -0.3 is 5.73 Å². The first-order valence-corrected chi connectivity index (χ1v) is 7.74. The van der Waals surface area contributed by atoms with E-state index in [-0.39, 0.29) is 12.3 Å². The van der Waals surface area contributed by atoms with Crippen molar-refractivity contribution in [3.05, 3.63) is 0 Å². The van der Waals surface area contributed by atoms with E-state index >= 15 is 0 Å². The standard InChI is InChI=1S/C11H23N3O2S/c1-14(2)17(15,16)9-8-13-11(12)10-6-4-3-5-7-10/h10H,3-9H2,1-2H3,(H2,12,13). The molecule has 0 saturated heterocycles. The van der Waals surface area contributed by atoms with Crippen LogP contribution in [0.5, 0.6) is 0 Å². The van der Waals surface area contributed by atoms with Crippen LogP contribution >= 0.6 is 0 Å². The lowest BCUT2D eigenvalue weighted by Gasteiger charge is -2.20. The molecule has 100 valence electrons. The molecule has 5 nitrogen and oxygen atoms in total. The Hall–Kier alpha value is -0.620. The average molecular weight is 261 g/mol. The maximum absolute atomic E-state index is 11.5. The molecule has 0 bridgehead atoms. The van der Waals surface area contributed by atoms with Crippen LogP contribution in [-0.4, -0.2) is 45.0 Å². The van der Waals surface area contributed by atoms with Gasteiger partial charge in [0.1, 0.15) is 0 Å². The maximum Gasteiger partial charge on any atom is 0.215 e. The molecule has 1 fully saturated rings. The Kier molecular flexibility index (Phi) is 5.39. The van der Waals surface area contributed by atoms with Crippen LogP contribution in [0.15, 0.2) is 4.99 Å². The summed E-state index contributed by atoms with van der Waals surface area (Å²) in [6.45, 7) is 0.267. The molecule has 0 aromatic heterocycles. The molecule has 1 saturated carbocycles. The van der Waals surface area contributed by atoms with Crippen LogP contribution in [0.2, 0.25) is 0 Å². The summed E-state index contributed by atoms with van der Waals surface area (Å²) in [6, 6.07) is 0. The number of amidine groups is 1. The summed E-state index contributed by atoms with van der Waals surface area (Å²) in [5, 5.41) is 0. The SMILES string of the molecule is CN(C)S(=O)(=O)CCN=C(N)C1CCCCC1. The zero-order valence-electron chi connectivity index (χ0n) is 10.7. The average Bonchev–Trinajstić information content (AvgIpc) is 2.29. The minimum absolute atomic E-state index is 0.0351. The molecule has 0 spiro atoms. The van der Waals surface area contributed by atoms with Crippen LogP contribution in [0.4, 0.5) is 0 Å². The number of sulfonamides is 1. The first-order chi connectivity index (χ1) is 7.93. The van der Waals surface area contributed by atoms with E-state index in [2.05, 4.69) is 4.99 Å². The topological polar surface area (TPSA) is 75.8 Å². The van der Waals surface area contributed by atoms with Gasteiger partial charge >= 0.3 is 0 Å². The predicted octanol–water partition coefficient (Wildman–Crippen LogP) is 0.815. The third kappa shape index (κ3) is 4.63. The second-order valence-corrected chi connectivity index (χ2v) is 7.04. The van der Waals surface area contributed by atoms with Crippen molar-refractivity contribution in [2.75, 3.05) is 26.4 Å². The van der Waals surface area contributed by atoms with Crippen molar-refractivity contribution in [2.24, 2.45) is 16.6 Å². The molecule has 1 rings (SSSR count). The van der Waals surface area contributed by atoms with Gasteiger partial charge in [-0.25, -0.2) is 12.7 Å². The lowest BCUT2D eigenvalue weighted by atomic mass is 9.88. The Morgan fingerprint density at radius 1 is 1.29 bits per heavy atom. The third-order valence-corrected chi connectivity index (χ3v) is 5.03. The van der Waals surface area contributed by atoms with Crippen molar-refractivity contribution < 1.29 is 8.42 Å². The molecule has 17 heavy (non-hydrogen) atoms. The third-order valence-electron chi connectivity index (χ3n) is 3.22. The van der Waals surface area contributed by atoms with Crippen LogP contribution in [0.3, 0.4) is 0 Å². The van der Waals surface area contributed by atoms with Gasteiger partial charge in [-0.3, -0.25) is 4.99 Å². The van der Waals surface area contributed by atoms with Gasteiger partial charge in [-0.1, -0.05) is 19.3 Å². The van der Waals surface area contributed by atoms with Crippen LogP contribution in [0, 0.1) is 5.92 Å². The fraction of sp³-hybridized carbons (Fsp3) is 0.909. The van der Waals surface area contributed by atoms with E-state index in [4.69, 9.17) is 5.73 Å². The Balaban J connectivity index is 2.42. The van der Waals surface area contributed by atoms with Crippen LogP contribution in [-0.2, 0) is 10.0 Å². The molecule has 0 heterocycles. The van der Waals surface area contributed by atoms with Crippen molar-refractivity contribution in [2.45, 2.75) is 32.1 Å². The second-order valence-electron chi connectivity index (χ2n) is 4.74. The highest BCUT2D eigenvalue weighted by Crippen LogP contribution is 2.23. The highest BCUT2D eigenvalue weighted by molar-refractivity contribution is 7.89. The van der Waals surface area contributed by atoms with E-state index in [1.807, 2.05) is 0 Å². The molecule has 0 aromatic carbocycles. The molecule has 1 aliphatic carbocycles. The molecular formula is C11H23N3O2S. The monoisotopic (exact) mass is 261 g/mol. The Morgan fingerprint density at radius 2 is 1.88 bits per heavy atom. The van der Waals surface area contributed by atoms with Gasteiger partial charge in [0.25, 0.3) is 0 Å². The maximum atomic E-state index is 11.5. The summed E-state index contributed by atoms with van der Waals surface area (Å²) in [7, 11) is -0.0913. The van der Waals surface area contributed by atoms with Gasteiger partial charge in [0.2, 0.25) is 10.0 Å². The van der Waals surface area contributed by atoms with Gasteiger partial charge in [-0.05, 0) is 12.8 Å². The molecule has 6 heteroatoms. The number of aliphatic imine (C=N–C) groups is 1. The number of nitrogens with zero attached hydrogens (tertiary/aromatic N) is 2. The minimum Gasteiger partial charge on any atom is -0.387 e. The molecule has 0 aliphatic heterocycles. The minimum atomic E-state index is -3.15. The van der Waals surface area contributed by atoms with E-state index in [0.717, 1.165) is 12.8 Å². The fourth-order valence-electron chi connectivity index (χ4n) is 2.00. The summed E-state index contributed by atoms with van der Waals surface area (Å²) in [4.78, 5) is 4.20. The van der Waals surface area contributed by atoms with E-state index in [1.54, 1.807) is 0 Å². The summed E-state index contributed by atoms with van der Waals surface area (Å²) >= 11 is 0. The van der Waals surface area contributed by atoms with E-state index < -0.39 is 10.0 Å². The molecule has 0 amide bonds. The molecule has 0 radical (unpaired) electrons. The van der Waals surface area contributed by atoms with Crippen LogP contribution < -0.4 is 5.73 Å². The summed E-state index contributed by atoms with van der Waals surface area (Å²) in [5.74, 6) is 1.04. The zero-order chi connectivity index (χ0) is 12.9. The van der Waals surface area contributed by atoms with Gasteiger partial charge in [-0.2, -0.15) is 0 Å². The Morgan fingerprint density at radius 3 is 2.41 bits per heavy atom. The molecule has 1 aliphatic rings. The summed E-state index contributed by atoms with van der Waals surface area (Å²) < 4.78 is 24.2. The van der Waals surface area contributed by atoms with Crippen LogP contribution in [0.25, 0.3) is 0 Å². The Bertz CT molecular complexity index is 357. The van der Waals surface area contributed by atoms with Crippen molar-refractivity contribution in [1.82, 2.24) is 4.31 Å². The number of nitrogens with two attached hydrogens (primary N) is 1. The molecular weight excluding hydrogens is 238 g/mol. The zero-order valence-corrected chi connectivity index (χ0v) is 11.5. The largest absolute Gasteiger partial charge is 0.387 e. The normalized spacial score (nSPS) is 19.8. The van der Waals surface area contributed by atoms with Crippen molar-refractivity contribution >= 4 is 15.9 Å². The summed E-state index contributed by atoms with van der Waals surface area (Å²) in [5.41, 5.74) is 5.90. The molecule has 0 aromatic rings. The lowest BCUT2D eigenvalue weighted by Crippen LogP contribution is -2.29. The number of rotatable bonds is 5. The Labute approximate surface area is 104 Å². The summed E-state index contributed by atoms with van der Waals surface area (Å²) in [6.07, 6.45) is 5.87. The predicted molar refractivity (Wildman–Crippen MR) is 70.5 cm³/mol. The molecule has 2 N–H and O–H groups in total. The van der Waals surface area contributed by atoms with Crippen molar-refractivity contribution in [3.63, 3.8) is 0 Å². The smallest absolute Gasteiger partial charge is 0.215 e. The molecule has 0 unspecified atom stereocenters. The van der Waals surface area contributed by atoms with Crippen molar-refractivity contribution in [3.8, 4) is 0 Å². The first-order valence-electron chi connectivity index (χ1n) is 6.13. The van der Waals surface area contributed by atoms with E-state index in [0.29, 0.717) is 11.8 Å². The quantitative estimate of drug-likeness (QED) is 0.588. The first kappa shape index (κ1) is 14.4. The fourth-order valence-corrected chi connectivity index (χ4v) is 2.69. The van der Waals surface area contributed by atoms with Gasteiger partial charge in [0, 0.05) is 20.0 Å². The van der Waals surface area contributed by atoms with Gasteiger partial charge in [0.15, 0.2) is 0 Å². The highest BCUT2D eigenvalue weighted by atomic mass is 32.2.